The fraction of sp³-hybridized carbons (Fsp3) is 0.714. The van der Waals surface area contributed by atoms with Gasteiger partial charge in [-0.1, -0.05) is 6.92 Å². The summed E-state index contributed by atoms with van der Waals surface area (Å²) in [4.78, 5) is 29.6. The summed E-state index contributed by atoms with van der Waals surface area (Å²) in [6.07, 6.45) is 0.553. The average Bonchev–Trinajstić information content (AvgIpc) is 2.07. The second kappa shape index (κ2) is 11.0. The van der Waals surface area contributed by atoms with E-state index in [9.17, 15) is 9.59 Å². The van der Waals surface area contributed by atoms with Gasteiger partial charge in [0, 0.05) is 0 Å². The number of nitrogens with two attached hydrogens (primary N) is 2. The lowest BCUT2D eigenvalue weighted by molar-refractivity contribution is -0.271. The highest BCUT2D eigenvalue weighted by molar-refractivity contribution is 5.93. The first kappa shape index (κ1) is 14.5. The minimum absolute atomic E-state index is 0.219. The molecule has 0 bridgehead atoms. The normalized spacial score (nSPS) is 8.31. The van der Waals surface area contributed by atoms with Gasteiger partial charge in [-0.15, -0.1) is 0 Å². The van der Waals surface area contributed by atoms with Gasteiger partial charge < -0.3 is 0 Å². The van der Waals surface area contributed by atoms with Crippen molar-refractivity contribution < 1.29 is 19.4 Å². The third-order valence-corrected chi connectivity index (χ3v) is 0.833. The van der Waals surface area contributed by atoms with E-state index in [-0.39, 0.29) is 12.2 Å². The molecule has 4 N–H and O–H groups in total. The van der Waals surface area contributed by atoms with Crippen LogP contribution in [0, 0.1) is 0 Å². The zero-order valence-electron chi connectivity index (χ0n) is 7.91. The van der Waals surface area contributed by atoms with Crippen molar-refractivity contribution >= 4 is 11.8 Å². The molecule has 0 aliphatic carbocycles. The van der Waals surface area contributed by atoms with E-state index in [0.717, 1.165) is 6.42 Å². The van der Waals surface area contributed by atoms with Crippen LogP contribution >= 0.6 is 0 Å². The third kappa shape index (κ3) is 13.9. The molecule has 0 amide bonds. The second-order valence-electron chi connectivity index (χ2n) is 2.16. The van der Waals surface area contributed by atoms with Gasteiger partial charge in [0.2, 0.25) is 0 Å². The van der Waals surface area contributed by atoms with Gasteiger partial charge in [-0.05, 0) is 13.3 Å². The van der Waals surface area contributed by atoms with Crippen LogP contribution in [0.15, 0.2) is 0 Å². The van der Waals surface area contributed by atoms with Crippen LogP contribution in [-0.4, -0.2) is 18.4 Å². The lowest BCUT2D eigenvalue weighted by atomic mass is 10.3. The Kier molecular flexibility index (Phi) is 12.3. The molecule has 0 spiro atoms. The standard InChI is InChI=1S/C7H12O4.H4N2/c1-3-4-10-11-7(9)5-6(2)8;1-2/h3-5H2,1-2H3;1-2H2. The summed E-state index contributed by atoms with van der Waals surface area (Å²) in [7, 11) is 0. The molecular weight excluding hydrogens is 176 g/mol. The van der Waals surface area contributed by atoms with Crippen molar-refractivity contribution in [2.75, 3.05) is 6.61 Å². The molecule has 78 valence electrons. The Hall–Kier alpha value is -0.980. The van der Waals surface area contributed by atoms with E-state index in [0.29, 0.717) is 6.61 Å². The molecule has 13 heavy (non-hydrogen) atoms. The zero-order chi connectivity index (χ0) is 10.7. The van der Waals surface area contributed by atoms with E-state index in [1.54, 1.807) is 0 Å². The number of hydrogen-bond donors (Lipinski definition) is 2. The van der Waals surface area contributed by atoms with Crippen LogP contribution in [0.25, 0.3) is 0 Å². The van der Waals surface area contributed by atoms with Crippen molar-refractivity contribution in [2.45, 2.75) is 26.7 Å². The molecule has 0 saturated heterocycles. The first-order valence-corrected chi connectivity index (χ1v) is 3.82. The third-order valence-electron chi connectivity index (χ3n) is 0.833. The van der Waals surface area contributed by atoms with Crippen LogP contribution in [0.3, 0.4) is 0 Å². The summed E-state index contributed by atoms with van der Waals surface area (Å²) in [5.41, 5.74) is 0. The molecule has 0 atom stereocenters. The smallest absolute Gasteiger partial charge is 0.299 e. The molecule has 6 nitrogen and oxygen atoms in total. The summed E-state index contributed by atoms with van der Waals surface area (Å²) >= 11 is 0. The fourth-order valence-electron chi connectivity index (χ4n) is 0.423. The van der Waals surface area contributed by atoms with Gasteiger partial charge in [-0.25, -0.2) is 4.79 Å². The molecule has 0 unspecified atom stereocenters. The summed E-state index contributed by atoms with van der Waals surface area (Å²) < 4.78 is 0. The molecule has 0 aliphatic rings. The van der Waals surface area contributed by atoms with Crippen LogP contribution in [-0.2, 0) is 19.4 Å². The lowest BCUT2D eigenvalue weighted by Gasteiger charge is -1.99. The van der Waals surface area contributed by atoms with Gasteiger partial charge in [-0.2, -0.15) is 4.89 Å². The molecule has 0 heterocycles. The average molecular weight is 192 g/mol. The van der Waals surface area contributed by atoms with Gasteiger partial charge in [-0.3, -0.25) is 21.4 Å². The molecule has 0 aromatic carbocycles. The predicted molar refractivity (Wildman–Crippen MR) is 46.0 cm³/mol. The van der Waals surface area contributed by atoms with Crippen molar-refractivity contribution in [1.29, 1.82) is 0 Å². The first-order chi connectivity index (χ1) is 6.16. The van der Waals surface area contributed by atoms with Gasteiger partial charge >= 0.3 is 5.97 Å². The molecule has 0 aromatic heterocycles. The van der Waals surface area contributed by atoms with Crippen LogP contribution in [0.2, 0.25) is 0 Å². The molecule has 0 aliphatic heterocycles. The van der Waals surface area contributed by atoms with E-state index in [1.165, 1.54) is 6.92 Å². The SMILES string of the molecule is CCCOOC(=O)CC(C)=O.NN. The van der Waals surface area contributed by atoms with Gasteiger partial charge in [0.25, 0.3) is 0 Å². The molecule has 0 aromatic rings. The Bertz CT molecular complexity index is 149. The highest BCUT2D eigenvalue weighted by atomic mass is 17.2. The first-order valence-electron chi connectivity index (χ1n) is 3.82. The number of hydrogen-bond acceptors (Lipinski definition) is 6. The summed E-state index contributed by atoms with van der Waals surface area (Å²) in [5.74, 6) is 7.14. The van der Waals surface area contributed by atoms with Crippen LogP contribution in [0.1, 0.15) is 26.7 Å². The Morgan fingerprint density at radius 2 is 1.85 bits per heavy atom. The Morgan fingerprint density at radius 1 is 1.31 bits per heavy atom. The largest absolute Gasteiger partial charge is 0.349 e. The minimum Gasteiger partial charge on any atom is -0.299 e. The number of ketones is 1. The van der Waals surface area contributed by atoms with E-state index in [4.69, 9.17) is 0 Å². The summed E-state index contributed by atoms with van der Waals surface area (Å²) in [5, 5.41) is 0. The number of Topliss-reactive ketones (excluding diaryl/α,β-unsaturated/α-hetero) is 1. The van der Waals surface area contributed by atoms with Crippen molar-refractivity contribution in [2.24, 2.45) is 11.7 Å². The van der Waals surface area contributed by atoms with E-state index < -0.39 is 5.97 Å². The number of carbonyl (C=O) groups excluding carboxylic acids is 2. The van der Waals surface area contributed by atoms with Crippen LogP contribution in [0.5, 0.6) is 0 Å². The monoisotopic (exact) mass is 192 g/mol. The number of carbonyl (C=O) groups is 2. The van der Waals surface area contributed by atoms with Crippen molar-refractivity contribution in [3.05, 3.63) is 0 Å². The van der Waals surface area contributed by atoms with E-state index in [1.807, 2.05) is 6.92 Å². The minimum atomic E-state index is -0.633. The van der Waals surface area contributed by atoms with E-state index in [2.05, 4.69) is 21.5 Å². The maximum absolute atomic E-state index is 10.6. The second-order valence-corrected chi connectivity index (χ2v) is 2.16. The fourth-order valence-corrected chi connectivity index (χ4v) is 0.423. The molecular formula is C7H16N2O4. The van der Waals surface area contributed by atoms with Crippen molar-refractivity contribution in [3.8, 4) is 0 Å². The van der Waals surface area contributed by atoms with Gasteiger partial charge in [0.15, 0.2) is 0 Å². The topological polar surface area (TPSA) is 105 Å². The quantitative estimate of drug-likeness (QED) is 0.203. The van der Waals surface area contributed by atoms with Crippen molar-refractivity contribution in [3.63, 3.8) is 0 Å². The van der Waals surface area contributed by atoms with Crippen molar-refractivity contribution in [1.82, 2.24) is 0 Å². The van der Waals surface area contributed by atoms with Crippen LogP contribution in [0.4, 0.5) is 0 Å². The predicted octanol–water partition coefficient (Wildman–Crippen LogP) is -0.331. The number of rotatable bonds is 5. The zero-order valence-corrected chi connectivity index (χ0v) is 7.91. The molecule has 0 rings (SSSR count). The van der Waals surface area contributed by atoms with Gasteiger partial charge in [0.1, 0.15) is 12.2 Å². The highest BCUT2D eigenvalue weighted by Gasteiger charge is 2.06. The number of hydrazine groups is 1. The van der Waals surface area contributed by atoms with Gasteiger partial charge in [0.05, 0.1) is 6.61 Å². The highest BCUT2D eigenvalue weighted by Crippen LogP contribution is 1.89. The Labute approximate surface area is 77.1 Å². The van der Waals surface area contributed by atoms with E-state index >= 15 is 0 Å². The van der Waals surface area contributed by atoms with Crippen LogP contribution < -0.4 is 11.7 Å². The molecule has 0 radical (unpaired) electrons. The Morgan fingerprint density at radius 3 is 2.23 bits per heavy atom. The Balaban J connectivity index is 0. The molecule has 0 fully saturated rings. The summed E-state index contributed by atoms with van der Waals surface area (Å²) in [6, 6.07) is 0. The maximum Gasteiger partial charge on any atom is 0.349 e. The lowest BCUT2D eigenvalue weighted by Crippen LogP contribution is -2.09. The summed E-state index contributed by atoms with van der Waals surface area (Å²) in [6.45, 7) is 3.57. The maximum atomic E-state index is 10.6. The molecule has 6 heteroatoms. The molecule has 0 saturated carbocycles.